The molecule has 0 aliphatic heterocycles. The Morgan fingerprint density at radius 3 is 2.58 bits per heavy atom. The molecule has 2 heterocycles. The van der Waals surface area contributed by atoms with Gasteiger partial charge in [-0.1, -0.05) is 23.7 Å². The zero-order chi connectivity index (χ0) is 17.6. The van der Waals surface area contributed by atoms with E-state index in [1.807, 2.05) is 32.0 Å². The Bertz CT molecular complexity index is 979. The average molecular weight is 345 g/mol. The predicted molar refractivity (Wildman–Crippen MR) is 93.7 cm³/mol. The van der Waals surface area contributed by atoms with E-state index in [2.05, 4.69) is 10.1 Å². The minimum Gasteiger partial charge on any atom is -0.258 e. The summed E-state index contributed by atoms with van der Waals surface area (Å²) >= 11 is 6.35. The van der Waals surface area contributed by atoms with Crippen molar-refractivity contribution < 1.29 is 4.92 Å². The molecule has 3 rings (SSSR count). The number of aromatic nitrogens is 3. The largest absolute Gasteiger partial charge is 0.312 e. The molecular weight excluding hydrogens is 328 g/mol. The van der Waals surface area contributed by atoms with Crippen molar-refractivity contribution in [1.82, 2.24) is 14.8 Å². The number of hydrogen-bond acceptors (Lipinski definition) is 4. The molecule has 24 heavy (non-hydrogen) atoms. The summed E-state index contributed by atoms with van der Waals surface area (Å²) in [7, 11) is 0. The van der Waals surface area contributed by atoms with Gasteiger partial charge in [0.15, 0.2) is 0 Å². The van der Waals surface area contributed by atoms with Gasteiger partial charge in [0.1, 0.15) is 16.5 Å². The fourth-order valence-electron chi connectivity index (χ4n) is 2.88. The molecule has 0 aliphatic rings. The maximum Gasteiger partial charge on any atom is 0.312 e. The van der Waals surface area contributed by atoms with E-state index in [1.165, 1.54) is 0 Å². The summed E-state index contributed by atoms with van der Waals surface area (Å²) in [6.45, 7) is 7.72. The van der Waals surface area contributed by atoms with Gasteiger partial charge in [-0.3, -0.25) is 14.8 Å². The molecule has 0 saturated heterocycles. The number of rotatable bonds is 3. The molecule has 0 bridgehead atoms. The first-order valence-electron chi connectivity index (χ1n) is 7.53. The Morgan fingerprint density at radius 1 is 1.25 bits per heavy atom. The normalized spacial score (nSPS) is 11.2. The monoisotopic (exact) mass is 344 g/mol. The quantitative estimate of drug-likeness (QED) is 0.404. The van der Waals surface area contributed by atoms with Crippen LogP contribution in [0, 0.1) is 37.8 Å². The molecule has 1 aromatic carbocycles. The highest BCUT2D eigenvalue weighted by atomic mass is 35.5. The summed E-state index contributed by atoms with van der Waals surface area (Å²) < 4.78 is 1.60. The van der Waals surface area contributed by atoms with Crippen LogP contribution in [0.25, 0.3) is 10.9 Å². The van der Waals surface area contributed by atoms with E-state index >= 15 is 0 Å². The van der Waals surface area contributed by atoms with Crippen LogP contribution in [0.15, 0.2) is 18.2 Å². The first-order chi connectivity index (χ1) is 11.3. The minimum atomic E-state index is -0.402. The van der Waals surface area contributed by atoms with Gasteiger partial charge >= 0.3 is 5.69 Å². The Labute approximate surface area is 144 Å². The van der Waals surface area contributed by atoms with Crippen molar-refractivity contribution in [2.24, 2.45) is 0 Å². The third kappa shape index (κ3) is 2.63. The van der Waals surface area contributed by atoms with Crippen molar-refractivity contribution in [1.29, 1.82) is 0 Å². The van der Waals surface area contributed by atoms with Gasteiger partial charge in [0.2, 0.25) is 0 Å². The topological polar surface area (TPSA) is 73.8 Å². The number of pyridine rings is 1. The zero-order valence-electron chi connectivity index (χ0n) is 13.9. The second kappa shape index (κ2) is 5.87. The van der Waals surface area contributed by atoms with Crippen LogP contribution in [0.5, 0.6) is 0 Å². The van der Waals surface area contributed by atoms with Crippen molar-refractivity contribution in [3.8, 4) is 0 Å². The summed E-state index contributed by atoms with van der Waals surface area (Å²) in [5.41, 5.74) is 4.88. The van der Waals surface area contributed by atoms with E-state index in [-0.39, 0.29) is 5.69 Å². The Morgan fingerprint density at radius 2 is 1.96 bits per heavy atom. The summed E-state index contributed by atoms with van der Waals surface area (Å²) in [5, 5.41) is 16.8. The molecule has 0 N–H and O–H groups in total. The SMILES string of the molecule is Cc1ccc2cc(Cn3nc(C)c([N+](=O)[O-])c3C)c(Cl)nc2c1C. The van der Waals surface area contributed by atoms with Gasteiger partial charge < -0.3 is 0 Å². The first-order valence-corrected chi connectivity index (χ1v) is 7.91. The Kier molecular flexibility index (Phi) is 4.01. The molecular formula is C17H17ClN4O2. The number of fused-ring (bicyclic) bond motifs is 1. The molecule has 2 aromatic heterocycles. The number of hydrogen-bond donors (Lipinski definition) is 0. The van der Waals surface area contributed by atoms with E-state index in [0.717, 1.165) is 27.6 Å². The molecule has 3 aromatic rings. The third-order valence-electron chi connectivity index (χ3n) is 4.38. The van der Waals surface area contributed by atoms with E-state index in [9.17, 15) is 10.1 Å². The second-order valence-electron chi connectivity index (χ2n) is 5.95. The van der Waals surface area contributed by atoms with Gasteiger partial charge in [-0.15, -0.1) is 0 Å². The summed E-state index contributed by atoms with van der Waals surface area (Å²) in [6.07, 6.45) is 0. The van der Waals surface area contributed by atoms with E-state index in [1.54, 1.807) is 18.5 Å². The second-order valence-corrected chi connectivity index (χ2v) is 6.31. The highest BCUT2D eigenvalue weighted by Gasteiger charge is 2.22. The lowest BCUT2D eigenvalue weighted by atomic mass is 10.0. The first kappa shape index (κ1) is 16.4. The van der Waals surface area contributed by atoms with Gasteiger partial charge in [0, 0.05) is 10.9 Å². The highest BCUT2D eigenvalue weighted by Crippen LogP contribution is 2.27. The van der Waals surface area contributed by atoms with Crippen LogP contribution in [0.1, 0.15) is 28.1 Å². The lowest BCUT2D eigenvalue weighted by Gasteiger charge is -2.10. The van der Waals surface area contributed by atoms with Crippen LogP contribution in [0.4, 0.5) is 5.69 Å². The molecule has 124 valence electrons. The highest BCUT2D eigenvalue weighted by molar-refractivity contribution is 6.30. The fourth-order valence-corrected chi connectivity index (χ4v) is 3.08. The predicted octanol–water partition coefficient (Wildman–Crippen LogP) is 4.27. The summed E-state index contributed by atoms with van der Waals surface area (Å²) in [5.74, 6) is 0. The van der Waals surface area contributed by atoms with Gasteiger partial charge in [-0.2, -0.15) is 5.10 Å². The zero-order valence-corrected chi connectivity index (χ0v) is 14.7. The van der Waals surface area contributed by atoms with Gasteiger partial charge in [-0.25, -0.2) is 4.98 Å². The average Bonchev–Trinajstić information content (AvgIpc) is 2.79. The van der Waals surface area contributed by atoms with Crippen molar-refractivity contribution >= 4 is 28.2 Å². The van der Waals surface area contributed by atoms with Gasteiger partial charge in [0.25, 0.3) is 0 Å². The fraction of sp³-hybridized carbons (Fsp3) is 0.294. The Hall–Kier alpha value is -2.47. The van der Waals surface area contributed by atoms with Crippen LogP contribution in [-0.4, -0.2) is 19.7 Å². The standard InChI is InChI=1S/C17H17ClN4O2/c1-9-5-6-13-7-14(17(18)19-15(13)10(9)2)8-21-12(4)16(22(23)24)11(3)20-21/h5-7H,8H2,1-4H3. The molecule has 0 amide bonds. The van der Waals surface area contributed by atoms with E-state index in [0.29, 0.717) is 23.1 Å². The molecule has 7 heteroatoms. The minimum absolute atomic E-state index is 0.0475. The van der Waals surface area contributed by atoms with E-state index < -0.39 is 4.92 Å². The Balaban J connectivity index is 2.08. The summed E-state index contributed by atoms with van der Waals surface area (Å²) in [6, 6.07) is 6.03. The molecule has 0 radical (unpaired) electrons. The van der Waals surface area contributed by atoms with E-state index in [4.69, 9.17) is 11.6 Å². The number of nitro groups is 1. The van der Waals surface area contributed by atoms with Crippen molar-refractivity contribution in [3.05, 3.63) is 61.5 Å². The molecule has 0 saturated carbocycles. The number of benzene rings is 1. The van der Waals surface area contributed by atoms with Crippen molar-refractivity contribution in [2.45, 2.75) is 34.2 Å². The lowest BCUT2D eigenvalue weighted by molar-refractivity contribution is -0.386. The van der Waals surface area contributed by atoms with Crippen LogP contribution < -0.4 is 0 Å². The van der Waals surface area contributed by atoms with Crippen LogP contribution in [-0.2, 0) is 6.54 Å². The van der Waals surface area contributed by atoms with Crippen molar-refractivity contribution in [2.75, 3.05) is 0 Å². The molecule has 0 atom stereocenters. The lowest BCUT2D eigenvalue weighted by Crippen LogP contribution is -2.06. The number of nitrogens with zero attached hydrogens (tertiary/aromatic N) is 4. The van der Waals surface area contributed by atoms with Crippen LogP contribution >= 0.6 is 11.6 Å². The van der Waals surface area contributed by atoms with Gasteiger partial charge in [0.05, 0.1) is 17.0 Å². The number of halogens is 1. The third-order valence-corrected chi connectivity index (χ3v) is 4.71. The van der Waals surface area contributed by atoms with Gasteiger partial charge in [-0.05, 0) is 44.9 Å². The molecule has 0 unspecified atom stereocenters. The summed E-state index contributed by atoms with van der Waals surface area (Å²) in [4.78, 5) is 15.2. The maximum atomic E-state index is 11.1. The van der Waals surface area contributed by atoms with Crippen LogP contribution in [0.2, 0.25) is 5.15 Å². The molecule has 0 spiro atoms. The van der Waals surface area contributed by atoms with Crippen molar-refractivity contribution in [3.63, 3.8) is 0 Å². The maximum absolute atomic E-state index is 11.1. The van der Waals surface area contributed by atoms with Crippen LogP contribution in [0.3, 0.4) is 0 Å². The molecule has 0 aliphatic carbocycles. The molecule has 0 fully saturated rings. The molecule has 6 nitrogen and oxygen atoms in total. The number of aryl methyl sites for hydroxylation is 3. The smallest absolute Gasteiger partial charge is 0.258 e.